The molecule has 32 heavy (non-hydrogen) atoms. The highest BCUT2D eigenvalue weighted by Gasteiger charge is 2.32. The van der Waals surface area contributed by atoms with Crippen LogP contribution in [0.1, 0.15) is 12.6 Å². The van der Waals surface area contributed by atoms with Crippen molar-refractivity contribution in [3.05, 3.63) is 48.0 Å². The Hall–Kier alpha value is -3.57. The quantitative estimate of drug-likeness (QED) is 0.491. The SMILES string of the molecule is CC(=O)NC[C@H]1CN(c2ccc(-c3ccc(CN(N)N4C=NCC4)nc3)c(F)c2)C(=O)O1. The molecule has 3 heterocycles. The third-order valence-electron chi connectivity index (χ3n) is 5.18. The molecule has 1 saturated heterocycles. The summed E-state index contributed by atoms with van der Waals surface area (Å²) in [6.07, 6.45) is 2.21. The number of hydrogen-bond donors (Lipinski definition) is 2. The second kappa shape index (κ2) is 9.28. The maximum absolute atomic E-state index is 14.9. The van der Waals surface area contributed by atoms with Gasteiger partial charge in [0.05, 0.1) is 44.1 Å². The van der Waals surface area contributed by atoms with Gasteiger partial charge in [0.1, 0.15) is 18.3 Å². The van der Waals surface area contributed by atoms with Gasteiger partial charge in [0, 0.05) is 24.2 Å². The molecule has 0 unspecified atom stereocenters. The molecule has 4 rings (SSSR count). The molecule has 2 aliphatic rings. The number of nitrogens with zero attached hydrogens (tertiary/aromatic N) is 5. The fourth-order valence-electron chi connectivity index (χ4n) is 3.50. The third kappa shape index (κ3) is 4.84. The number of halogens is 1. The van der Waals surface area contributed by atoms with Crippen LogP contribution in [-0.4, -0.2) is 65.7 Å². The fourth-order valence-corrected chi connectivity index (χ4v) is 3.50. The highest BCUT2D eigenvalue weighted by Crippen LogP contribution is 2.29. The molecule has 168 valence electrons. The Balaban J connectivity index is 1.42. The predicted octanol–water partition coefficient (Wildman–Crippen LogP) is 1.28. The largest absolute Gasteiger partial charge is 0.442 e. The van der Waals surface area contributed by atoms with Gasteiger partial charge in [0.2, 0.25) is 5.91 Å². The van der Waals surface area contributed by atoms with E-state index in [2.05, 4.69) is 15.3 Å². The summed E-state index contributed by atoms with van der Waals surface area (Å²) < 4.78 is 20.1. The minimum absolute atomic E-state index is 0.209. The van der Waals surface area contributed by atoms with Crippen LogP contribution in [0.4, 0.5) is 14.9 Å². The molecule has 1 fully saturated rings. The van der Waals surface area contributed by atoms with E-state index in [1.807, 2.05) is 0 Å². The van der Waals surface area contributed by atoms with E-state index in [1.165, 1.54) is 23.0 Å². The average Bonchev–Trinajstić information content (AvgIpc) is 3.43. The van der Waals surface area contributed by atoms with Gasteiger partial charge in [-0.1, -0.05) is 6.07 Å². The lowest BCUT2D eigenvalue weighted by molar-refractivity contribution is -0.119. The number of cyclic esters (lactones) is 1. The minimum atomic E-state index is -0.576. The molecule has 11 heteroatoms. The van der Waals surface area contributed by atoms with Gasteiger partial charge in [-0.2, -0.15) is 5.12 Å². The smallest absolute Gasteiger partial charge is 0.414 e. The van der Waals surface area contributed by atoms with Crippen LogP contribution in [0.3, 0.4) is 0 Å². The number of amides is 2. The molecule has 0 saturated carbocycles. The maximum Gasteiger partial charge on any atom is 0.414 e. The zero-order chi connectivity index (χ0) is 22.7. The fraction of sp³-hybridized carbons (Fsp3) is 0.333. The van der Waals surface area contributed by atoms with Crippen LogP contribution >= 0.6 is 0 Å². The van der Waals surface area contributed by atoms with Gasteiger partial charge in [-0.3, -0.25) is 30.5 Å². The number of ether oxygens (including phenoxy) is 1. The topological polar surface area (TPSA) is 116 Å². The minimum Gasteiger partial charge on any atom is -0.442 e. The summed E-state index contributed by atoms with van der Waals surface area (Å²) in [6, 6.07) is 8.12. The average molecular weight is 441 g/mol. The van der Waals surface area contributed by atoms with Crippen LogP contribution in [0.15, 0.2) is 41.5 Å². The number of rotatable bonds is 7. The number of hydrogen-bond acceptors (Lipinski definition) is 8. The Morgan fingerprint density at radius 3 is 2.88 bits per heavy atom. The van der Waals surface area contributed by atoms with Gasteiger partial charge in [-0.15, -0.1) is 0 Å². The molecule has 1 atom stereocenters. The lowest BCUT2D eigenvalue weighted by Gasteiger charge is -2.25. The van der Waals surface area contributed by atoms with Crippen LogP contribution in [-0.2, 0) is 16.1 Å². The van der Waals surface area contributed by atoms with Crippen LogP contribution < -0.4 is 16.1 Å². The van der Waals surface area contributed by atoms with Gasteiger partial charge < -0.3 is 10.1 Å². The first-order valence-electron chi connectivity index (χ1n) is 10.2. The Bertz CT molecular complexity index is 1030. The number of carbonyl (C=O) groups is 2. The van der Waals surface area contributed by atoms with Crippen LogP contribution in [0.2, 0.25) is 0 Å². The molecular formula is C21H24FN7O3. The molecule has 0 spiro atoms. The first-order chi connectivity index (χ1) is 15.4. The van der Waals surface area contributed by atoms with Crippen molar-refractivity contribution >= 4 is 24.0 Å². The van der Waals surface area contributed by atoms with Crippen LogP contribution in [0.25, 0.3) is 11.1 Å². The van der Waals surface area contributed by atoms with Gasteiger partial charge in [-0.25, -0.2) is 9.18 Å². The Morgan fingerprint density at radius 2 is 2.22 bits per heavy atom. The van der Waals surface area contributed by atoms with Gasteiger partial charge in [-0.05, 0) is 24.3 Å². The summed E-state index contributed by atoms with van der Waals surface area (Å²) in [4.78, 5) is 33.0. The monoisotopic (exact) mass is 441 g/mol. The summed E-state index contributed by atoms with van der Waals surface area (Å²) in [5.41, 5.74) is 2.10. The zero-order valence-corrected chi connectivity index (χ0v) is 17.6. The number of benzene rings is 1. The van der Waals surface area contributed by atoms with Crippen LogP contribution in [0.5, 0.6) is 0 Å². The number of carbonyl (C=O) groups excluding carboxylic acids is 2. The summed E-state index contributed by atoms with van der Waals surface area (Å²) in [5, 5.41) is 5.94. The van der Waals surface area contributed by atoms with E-state index in [0.29, 0.717) is 29.9 Å². The van der Waals surface area contributed by atoms with Crippen molar-refractivity contribution in [2.24, 2.45) is 10.8 Å². The zero-order valence-electron chi connectivity index (χ0n) is 17.6. The number of hydrazine groups is 2. The predicted molar refractivity (Wildman–Crippen MR) is 116 cm³/mol. The molecule has 1 aromatic heterocycles. The first kappa shape index (κ1) is 21.7. The Labute approximate surface area is 184 Å². The number of anilines is 1. The number of nitrogens with one attached hydrogen (secondary N) is 1. The van der Waals surface area contributed by atoms with Crippen molar-refractivity contribution in [1.29, 1.82) is 0 Å². The van der Waals surface area contributed by atoms with E-state index in [4.69, 9.17) is 10.6 Å². The van der Waals surface area contributed by atoms with Crippen molar-refractivity contribution in [3.8, 4) is 11.1 Å². The second-order valence-electron chi connectivity index (χ2n) is 7.54. The summed E-state index contributed by atoms with van der Waals surface area (Å²) in [6.45, 7) is 3.65. The number of aromatic nitrogens is 1. The molecule has 2 aliphatic heterocycles. The van der Waals surface area contributed by atoms with Crippen LogP contribution in [0, 0.1) is 5.82 Å². The lowest BCUT2D eigenvalue weighted by atomic mass is 10.1. The standard InChI is InChI=1S/C21H24FN7O3/c1-14(30)25-10-18-12-28(21(31)32-18)17-4-5-19(20(22)8-17)15-2-3-16(26-9-15)11-29(23)27-7-6-24-13-27/h2-5,8-9,13,18H,6-7,10-12,23H2,1H3,(H,25,30)/t18-/m0/s1. The Morgan fingerprint density at radius 1 is 1.38 bits per heavy atom. The Kier molecular flexibility index (Phi) is 6.28. The van der Waals surface area contributed by atoms with E-state index in [0.717, 1.165) is 12.2 Å². The molecule has 0 aliphatic carbocycles. The maximum atomic E-state index is 14.9. The highest BCUT2D eigenvalue weighted by molar-refractivity contribution is 5.90. The van der Waals surface area contributed by atoms with Gasteiger partial charge in [0.25, 0.3) is 0 Å². The number of nitrogens with two attached hydrogens (primary N) is 1. The summed E-state index contributed by atoms with van der Waals surface area (Å²) in [7, 11) is 0. The normalized spacial score (nSPS) is 17.9. The highest BCUT2D eigenvalue weighted by atomic mass is 19.1. The summed E-state index contributed by atoms with van der Waals surface area (Å²) in [5.74, 6) is 5.33. The number of pyridine rings is 1. The van der Waals surface area contributed by atoms with Crippen molar-refractivity contribution < 1.29 is 18.7 Å². The molecule has 1 aromatic carbocycles. The molecule has 2 amide bonds. The molecule has 2 aromatic rings. The summed E-state index contributed by atoms with van der Waals surface area (Å²) >= 11 is 0. The molecule has 0 bridgehead atoms. The molecule has 0 radical (unpaired) electrons. The molecular weight excluding hydrogens is 417 g/mol. The van der Waals surface area contributed by atoms with E-state index in [1.54, 1.807) is 41.8 Å². The van der Waals surface area contributed by atoms with E-state index < -0.39 is 18.0 Å². The van der Waals surface area contributed by atoms with E-state index >= 15 is 0 Å². The van der Waals surface area contributed by atoms with Crippen molar-refractivity contribution in [2.75, 3.05) is 31.1 Å². The molecule has 10 nitrogen and oxygen atoms in total. The third-order valence-corrected chi connectivity index (χ3v) is 5.18. The van der Waals surface area contributed by atoms with E-state index in [9.17, 15) is 14.0 Å². The number of aliphatic imine (C=N–C) groups is 1. The van der Waals surface area contributed by atoms with E-state index in [-0.39, 0.29) is 19.0 Å². The van der Waals surface area contributed by atoms with Gasteiger partial charge in [0.15, 0.2) is 0 Å². The van der Waals surface area contributed by atoms with Crippen molar-refractivity contribution in [3.63, 3.8) is 0 Å². The second-order valence-corrected chi connectivity index (χ2v) is 7.54. The van der Waals surface area contributed by atoms with Crippen molar-refractivity contribution in [2.45, 2.75) is 19.6 Å². The van der Waals surface area contributed by atoms with Gasteiger partial charge >= 0.3 is 6.09 Å². The van der Waals surface area contributed by atoms with Crippen molar-refractivity contribution in [1.82, 2.24) is 20.4 Å². The lowest BCUT2D eigenvalue weighted by Crippen LogP contribution is -2.45. The molecule has 3 N–H and O–H groups in total. The first-order valence-corrected chi connectivity index (χ1v) is 10.2.